The third-order valence-electron chi connectivity index (χ3n) is 4.23. The average molecular weight is 290 g/mol. The molecule has 21 heavy (non-hydrogen) atoms. The third kappa shape index (κ3) is 4.29. The molecular formula is C17H26N2O2. The minimum absolute atomic E-state index is 0.210. The smallest absolute Gasteiger partial charge is 0.222 e. The fraction of sp³-hybridized carbons (Fsp3) is 0.588. The third-order valence-corrected chi connectivity index (χ3v) is 4.23. The Balaban J connectivity index is 1.80. The first-order valence-corrected chi connectivity index (χ1v) is 7.76. The van der Waals surface area contributed by atoms with Crippen LogP contribution in [0.25, 0.3) is 0 Å². The van der Waals surface area contributed by atoms with E-state index in [0.717, 1.165) is 30.6 Å². The number of rotatable bonds is 7. The van der Waals surface area contributed by atoms with Gasteiger partial charge in [-0.1, -0.05) is 24.3 Å². The van der Waals surface area contributed by atoms with Gasteiger partial charge in [-0.2, -0.15) is 0 Å². The summed E-state index contributed by atoms with van der Waals surface area (Å²) in [6, 6.07) is 8.04. The van der Waals surface area contributed by atoms with Crippen LogP contribution in [-0.4, -0.2) is 30.6 Å². The largest absolute Gasteiger partial charge is 0.378 e. The summed E-state index contributed by atoms with van der Waals surface area (Å²) >= 11 is 0. The highest BCUT2D eigenvalue weighted by atomic mass is 16.5. The average Bonchev–Trinajstić information content (AvgIpc) is 2.45. The van der Waals surface area contributed by atoms with Crippen molar-refractivity contribution in [2.45, 2.75) is 45.4 Å². The second-order valence-electron chi connectivity index (χ2n) is 5.84. The van der Waals surface area contributed by atoms with Gasteiger partial charge in [0, 0.05) is 33.2 Å². The minimum atomic E-state index is 0.210. The maximum absolute atomic E-state index is 12.3. The van der Waals surface area contributed by atoms with Crippen molar-refractivity contribution in [3.8, 4) is 0 Å². The molecule has 4 heteroatoms. The summed E-state index contributed by atoms with van der Waals surface area (Å²) < 4.78 is 5.54. The monoisotopic (exact) mass is 290 g/mol. The van der Waals surface area contributed by atoms with Crippen LogP contribution in [-0.2, 0) is 22.6 Å². The Kier molecular flexibility index (Phi) is 5.76. The molecule has 1 saturated carbocycles. The molecule has 1 aromatic carbocycles. The van der Waals surface area contributed by atoms with E-state index in [4.69, 9.17) is 10.5 Å². The Labute approximate surface area is 127 Å². The van der Waals surface area contributed by atoms with Crippen molar-refractivity contribution in [1.29, 1.82) is 0 Å². The Morgan fingerprint density at radius 3 is 2.62 bits per heavy atom. The van der Waals surface area contributed by atoms with Crippen molar-refractivity contribution in [2.24, 2.45) is 11.7 Å². The van der Waals surface area contributed by atoms with E-state index in [0.29, 0.717) is 31.5 Å². The van der Waals surface area contributed by atoms with Gasteiger partial charge >= 0.3 is 0 Å². The Hall–Kier alpha value is -1.39. The van der Waals surface area contributed by atoms with Crippen molar-refractivity contribution < 1.29 is 9.53 Å². The molecule has 1 fully saturated rings. The van der Waals surface area contributed by atoms with E-state index in [-0.39, 0.29) is 5.91 Å². The normalized spacial score (nSPS) is 20.9. The molecule has 2 rings (SSSR count). The first kappa shape index (κ1) is 16.0. The second kappa shape index (κ2) is 7.57. The van der Waals surface area contributed by atoms with Crippen molar-refractivity contribution in [2.75, 3.05) is 13.7 Å². The summed E-state index contributed by atoms with van der Waals surface area (Å²) in [7, 11) is 1.87. The summed E-state index contributed by atoms with van der Waals surface area (Å²) in [6.07, 6.45) is 3.04. The molecule has 116 valence electrons. The quantitative estimate of drug-likeness (QED) is 0.838. The van der Waals surface area contributed by atoms with Gasteiger partial charge in [-0.05, 0) is 36.8 Å². The van der Waals surface area contributed by atoms with Gasteiger partial charge in [0.05, 0.1) is 6.10 Å². The number of nitrogens with zero attached hydrogens (tertiary/aromatic N) is 1. The summed E-state index contributed by atoms with van der Waals surface area (Å²) in [5.41, 5.74) is 7.98. The number of benzene rings is 1. The van der Waals surface area contributed by atoms with Crippen LogP contribution in [0.4, 0.5) is 0 Å². The van der Waals surface area contributed by atoms with Crippen LogP contribution in [0.2, 0.25) is 0 Å². The number of hydrogen-bond acceptors (Lipinski definition) is 3. The standard InChI is InChI=1S/C17H26N2O2/c1-3-21-16-8-13(9-16)10-17(20)19(2)12-15-7-5-4-6-14(15)11-18/h4-7,13,16H,3,8-12,18H2,1-2H3. The van der Waals surface area contributed by atoms with Gasteiger partial charge in [0.25, 0.3) is 0 Å². The van der Waals surface area contributed by atoms with Crippen LogP contribution >= 0.6 is 0 Å². The van der Waals surface area contributed by atoms with E-state index in [1.54, 1.807) is 0 Å². The topological polar surface area (TPSA) is 55.6 Å². The SMILES string of the molecule is CCOC1CC(CC(=O)N(C)Cc2ccccc2CN)C1. The minimum Gasteiger partial charge on any atom is -0.378 e. The Morgan fingerprint density at radius 1 is 1.33 bits per heavy atom. The van der Waals surface area contributed by atoms with Gasteiger partial charge in [-0.25, -0.2) is 0 Å². The molecule has 0 aromatic heterocycles. The lowest BCUT2D eigenvalue weighted by atomic mass is 9.79. The molecule has 1 aromatic rings. The molecule has 0 saturated heterocycles. The molecule has 1 amide bonds. The van der Waals surface area contributed by atoms with E-state index in [2.05, 4.69) is 0 Å². The zero-order chi connectivity index (χ0) is 15.2. The van der Waals surface area contributed by atoms with Gasteiger partial charge in [0.1, 0.15) is 0 Å². The first-order chi connectivity index (χ1) is 10.1. The predicted molar refractivity (Wildman–Crippen MR) is 83.6 cm³/mol. The van der Waals surface area contributed by atoms with Crippen LogP contribution < -0.4 is 5.73 Å². The highest BCUT2D eigenvalue weighted by molar-refractivity contribution is 5.76. The summed E-state index contributed by atoms with van der Waals surface area (Å²) in [6.45, 7) is 3.92. The van der Waals surface area contributed by atoms with Crippen molar-refractivity contribution in [3.05, 3.63) is 35.4 Å². The lowest BCUT2D eigenvalue weighted by Crippen LogP contribution is -2.36. The zero-order valence-corrected chi connectivity index (χ0v) is 13.0. The number of carbonyl (C=O) groups excluding carboxylic acids is 1. The molecular weight excluding hydrogens is 264 g/mol. The van der Waals surface area contributed by atoms with E-state index in [9.17, 15) is 4.79 Å². The van der Waals surface area contributed by atoms with E-state index in [1.165, 1.54) is 0 Å². The van der Waals surface area contributed by atoms with Crippen LogP contribution in [0.1, 0.15) is 37.3 Å². The summed E-state index contributed by atoms with van der Waals surface area (Å²) in [5, 5.41) is 0. The number of nitrogens with two attached hydrogens (primary N) is 1. The molecule has 0 atom stereocenters. The van der Waals surface area contributed by atoms with E-state index in [1.807, 2.05) is 43.1 Å². The lowest BCUT2D eigenvalue weighted by molar-refractivity contribution is -0.133. The van der Waals surface area contributed by atoms with Crippen molar-refractivity contribution in [3.63, 3.8) is 0 Å². The molecule has 2 N–H and O–H groups in total. The number of amides is 1. The predicted octanol–water partition coefficient (Wildman–Crippen LogP) is 2.31. The zero-order valence-electron chi connectivity index (χ0n) is 13.0. The molecule has 0 radical (unpaired) electrons. The highest BCUT2D eigenvalue weighted by Crippen LogP contribution is 2.33. The number of carbonyl (C=O) groups is 1. The van der Waals surface area contributed by atoms with Crippen LogP contribution in [0.15, 0.2) is 24.3 Å². The van der Waals surface area contributed by atoms with Crippen LogP contribution in [0, 0.1) is 5.92 Å². The second-order valence-corrected chi connectivity index (χ2v) is 5.84. The van der Waals surface area contributed by atoms with Gasteiger partial charge in [0.15, 0.2) is 0 Å². The van der Waals surface area contributed by atoms with Crippen molar-refractivity contribution in [1.82, 2.24) is 4.90 Å². The molecule has 1 aliphatic carbocycles. The molecule has 0 heterocycles. The molecule has 0 bridgehead atoms. The Bertz CT molecular complexity index is 470. The van der Waals surface area contributed by atoms with E-state index < -0.39 is 0 Å². The number of ether oxygens (including phenoxy) is 1. The summed E-state index contributed by atoms with van der Waals surface area (Å²) in [4.78, 5) is 14.1. The van der Waals surface area contributed by atoms with Crippen LogP contribution in [0.5, 0.6) is 0 Å². The van der Waals surface area contributed by atoms with Gasteiger partial charge in [-0.3, -0.25) is 4.79 Å². The first-order valence-electron chi connectivity index (χ1n) is 7.76. The van der Waals surface area contributed by atoms with E-state index >= 15 is 0 Å². The molecule has 0 unspecified atom stereocenters. The molecule has 1 aliphatic rings. The fourth-order valence-electron chi connectivity index (χ4n) is 2.87. The molecule has 4 nitrogen and oxygen atoms in total. The van der Waals surface area contributed by atoms with Gasteiger partial charge < -0.3 is 15.4 Å². The van der Waals surface area contributed by atoms with Crippen LogP contribution in [0.3, 0.4) is 0 Å². The highest BCUT2D eigenvalue weighted by Gasteiger charge is 2.31. The van der Waals surface area contributed by atoms with Crippen molar-refractivity contribution >= 4 is 5.91 Å². The van der Waals surface area contributed by atoms with Gasteiger partial charge in [0.2, 0.25) is 5.91 Å². The maximum atomic E-state index is 12.3. The maximum Gasteiger partial charge on any atom is 0.222 e. The summed E-state index contributed by atoms with van der Waals surface area (Å²) in [5.74, 6) is 0.697. The lowest BCUT2D eigenvalue weighted by Gasteiger charge is -2.35. The molecule has 0 spiro atoms. The number of hydrogen-bond donors (Lipinski definition) is 1. The van der Waals surface area contributed by atoms with Gasteiger partial charge in [-0.15, -0.1) is 0 Å². The fourth-order valence-corrected chi connectivity index (χ4v) is 2.87. The molecule has 0 aliphatic heterocycles. The Morgan fingerprint density at radius 2 is 2.00 bits per heavy atom.